The summed E-state index contributed by atoms with van der Waals surface area (Å²) in [6, 6.07) is 12.9. The molecule has 1 unspecified atom stereocenters. The summed E-state index contributed by atoms with van der Waals surface area (Å²) in [5.41, 5.74) is 2.98. The number of hydrazone groups is 1. The lowest BCUT2D eigenvalue weighted by atomic mass is 10.0. The SMILES string of the molecule is O=[N+]([O-])c1ccc(C2CNN=C2S(=O)(=O)/C=C/S(=O)(=O)c2ccccc2)cc1. The number of non-ortho nitro benzene ring substituents is 1. The van der Waals surface area contributed by atoms with E-state index < -0.39 is 30.5 Å². The number of benzene rings is 2. The van der Waals surface area contributed by atoms with Gasteiger partial charge in [-0.15, -0.1) is 0 Å². The van der Waals surface area contributed by atoms with Gasteiger partial charge in [-0.2, -0.15) is 5.10 Å². The molecular weight excluding hydrogens is 406 g/mol. The molecule has 0 saturated carbocycles. The molecule has 9 nitrogen and oxygen atoms in total. The molecule has 0 amide bonds. The Morgan fingerprint density at radius 3 is 2.18 bits per heavy atom. The lowest BCUT2D eigenvalue weighted by Gasteiger charge is -2.11. The van der Waals surface area contributed by atoms with E-state index in [4.69, 9.17) is 0 Å². The predicted molar refractivity (Wildman–Crippen MR) is 103 cm³/mol. The normalized spacial score (nSPS) is 17.3. The van der Waals surface area contributed by atoms with Crippen LogP contribution in [0.2, 0.25) is 0 Å². The van der Waals surface area contributed by atoms with Gasteiger partial charge in [-0.05, 0) is 17.7 Å². The molecule has 28 heavy (non-hydrogen) atoms. The summed E-state index contributed by atoms with van der Waals surface area (Å²) in [7, 11) is -8.06. The van der Waals surface area contributed by atoms with Crippen molar-refractivity contribution in [3.05, 3.63) is 81.1 Å². The fraction of sp³-hybridized carbons (Fsp3) is 0.118. The monoisotopic (exact) mass is 421 g/mol. The summed E-state index contributed by atoms with van der Waals surface area (Å²) < 4.78 is 49.8. The molecule has 1 N–H and O–H groups in total. The van der Waals surface area contributed by atoms with Crippen LogP contribution >= 0.6 is 0 Å². The Labute approximate surface area is 161 Å². The first-order valence-electron chi connectivity index (χ1n) is 7.99. The van der Waals surface area contributed by atoms with Crippen molar-refractivity contribution in [2.75, 3.05) is 6.54 Å². The standard InChI is InChI=1S/C17H15N3O6S2/c21-20(22)14-8-6-13(7-9-14)16-12-18-19-17(16)28(25,26)11-10-27(23,24)15-4-2-1-3-5-15/h1-11,16,18H,12H2/b11-10+. The first-order valence-corrected chi connectivity index (χ1v) is 11.1. The Kier molecular flexibility index (Phi) is 5.29. The van der Waals surface area contributed by atoms with Crippen molar-refractivity contribution < 1.29 is 21.8 Å². The molecule has 2 aromatic carbocycles. The summed E-state index contributed by atoms with van der Waals surface area (Å²) in [6.07, 6.45) is 0. The highest BCUT2D eigenvalue weighted by molar-refractivity contribution is 8.09. The van der Waals surface area contributed by atoms with E-state index in [1.54, 1.807) is 6.07 Å². The minimum atomic E-state index is -4.13. The van der Waals surface area contributed by atoms with Crippen LogP contribution < -0.4 is 5.43 Å². The lowest BCUT2D eigenvalue weighted by Crippen LogP contribution is -2.20. The van der Waals surface area contributed by atoms with Crippen LogP contribution in [-0.2, 0) is 19.7 Å². The van der Waals surface area contributed by atoms with Crippen LogP contribution in [0.25, 0.3) is 0 Å². The molecule has 2 aromatic rings. The van der Waals surface area contributed by atoms with Crippen LogP contribution in [0, 0.1) is 10.1 Å². The number of hydrogen-bond acceptors (Lipinski definition) is 8. The van der Waals surface area contributed by atoms with Gasteiger partial charge in [0.25, 0.3) is 5.69 Å². The van der Waals surface area contributed by atoms with Gasteiger partial charge in [0.2, 0.25) is 19.7 Å². The number of nitrogens with one attached hydrogen (secondary N) is 1. The first kappa shape index (κ1) is 19.7. The average molecular weight is 421 g/mol. The predicted octanol–water partition coefficient (Wildman–Crippen LogP) is 1.96. The summed E-state index contributed by atoms with van der Waals surface area (Å²) >= 11 is 0. The second-order valence-electron chi connectivity index (χ2n) is 5.89. The smallest absolute Gasteiger partial charge is 0.269 e. The third kappa shape index (κ3) is 4.10. The van der Waals surface area contributed by atoms with Crippen LogP contribution in [0.5, 0.6) is 0 Å². The number of nitro benzene ring substituents is 1. The van der Waals surface area contributed by atoms with E-state index in [1.165, 1.54) is 48.5 Å². The molecule has 3 rings (SSSR count). The maximum absolute atomic E-state index is 12.6. The second kappa shape index (κ2) is 7.52. The molecule has 0 radical (unpaired) electrons. The Morgan fingerprint density at radius 2 is 1.57 bits per heavy atom. The Bertz CT molecular complexity index is 1160. The number of hydrogen-bond donors (Lipinski definition) is 1. The molecule has 146 valence electrons. The Morgan fingerprint density at radius 1 is 0.964 bits per heavy atom. The molecule has 0 saturated heterocycles. The first-order chi connectivity index (χ1) is 13.2. The summed E-state index contributed by atoms with van der Waals surface area (Å²) in [4.78, 5) is 10.2. The van der Waals surface area contributed by atoms with E-state index in [9.17, 15) is 26.9 Å². The largest absolute Gasteiger partial charge is 0.308 e. The zero-order valence-electron chi connectivity index (χ0n) is 14.3. The van der Waals surface area contributed by atoms with Crippen molar-refractivity contribution in [2.45, 2.75) is 10.8 Å². The quantitative estimate of drug-likeness (QED) is 0.575. The summed E-state index contributed by atoms with van der Waals surface area (Å²) in [5, 5.41) is 15.5. The summed E-state index contributed by atoms with van der Waals surface area (Å²) in [6.45, 7) is 0.172. The zero-order chi connectivity index (χ0) is 20.4. The molecule has 1 heterocycles. The fourth-order valence-electron chi connectivity index (χ4n) is 2.64. The van der Waals surface area contributed by atoms with Crippen LogP contribution in [-0.4, -0.2) is 33.3 Å². The van der Waals surface area contributed by atoms with Crippen LogP contribution in [0.1, 0.15) is 11.5 Å². The minimum absolute atomic E-state index is 0.0279. The maximum atomic E-state index is 12.6. The van der Waals surface area contributed by atoms with Gasteiger partial charge in [-0.3, -0.25) is 10.1 Å². The second-order valence-corrected chi connectivity index (χ2v) is 9.50. The number of sulfone groups is 2. The van der Waals surface area contributed by atoms with Crippen molar-refractivity contribution in [3.63, 3.8) is 0 Å². The highest BCUT2D eigenvalue weighted by Crippen LogP contribution is 2.26. The van der Waals surface area contributed by atoms with Gasteiger partial charge in [0, 0.05) is 29.5 Å². The van der Waals surface area contributed by atoms with Crippen molar-refractivity contribution in [3.8, 4) is 0 Å². The van der Waals surface area contributed by atoms with Gasteiger partial charge in [0.15, 0.2) is 5.04 Å². The highest BCUT2D eigenvalue weighted by atomic mass is 32.2. The average Bonchev–Trinajstić information content (AvgIpc) is 3.18. The molecule has 1 aliphatic rings. The number of nitrogens with zero attached hydrogens (tertiary/aromatic N) is 2. The number of nitro groups is 1. The van der Waals surface area contributed by atoms with Crippen molar-refractivity contribution in [1.29, 1.82) is 0 Å². The molecule has 1 atom stereocenters. The van der Waals surface area contributed by atoms with Gasteiger partial charge in [-0.25, -0.2) is 16.8 Å². The zero-order valence-corrected chi connectivity index (χ0v) is 15.9. The van der Waals surface area contributed by atoms with Crippen LogP contribution in [0.15, 0.2) is 75.4 Å². The van der Waals surface area contributed by atoms with Crippen molar-refractivity contribution in [1.82, 2.24) is 5.43 Å². The van der Waals surface area contributed by atoms with Crippen molar-refractivity contribution in [2.24, 2.45) is 5.10 Å². The molecule has 11 heteroatoms. The topological polar surface area (TPSA) is 136 Å². The van der Waals surface area contributed by atoms with Crippen LogP contribution in [0.3, 0.4) is 0 Å². The van der Waals surface area contributed by atoms with Gasteiger partial charge in [0.05, 0.1) is 15.7 Å². The minimum Gasteiger partial charge on any atom is -0.308 e. The molecule has 0 fully saturated rings. The molecule has 1 aliphatic heterocycles. The van der Waals surface area contributed by atoms with E-state index in [0.717, 1.165) is 0 Å². The summed E-state index contributed by atoms with van der Waals surface area (Å²) in [5.74, 6) is -0.685. The van der Waals surface area contributed by atoms with Crippen molar-refractivity contribution >= 4 is 30.4 Å². The molecule has 0 bridgehead atoms. The van der Waals surface area contributed by atoms with E-state index >= 15 is 0 Å². The third-order valence-corrected chi connectivity index (χ3v) is 7.12. The van der Waals surface area contributed by atoms with E-state index in [2.05, 4.69) is 10.5 Å². The maximum Gasteiger partial charge on any atom is 0.269 e. The van der Waals surface area contributed by atoms with Crippen LogP contribution in [0.4, 0.5) is 5.69 Å². The highest BCUT2D eigenvalue weighted by Gasteiger charge is 2.32. The molecule has 0 aromatic heterocycles. The number of rotatable bonds is 5. The van der Waals surface area contributed by atoms with E-state index in [-0.39, 0.29) is 22.2 Å². The van der Waals surface area contributed by atoms with Gasteiger partial charge < -0.3 is 5.43 Å². The Balaban J connectivity index is 1.87. The Hall–Kier alpha value is -3.05. The lowest BCUT2D eigenvalue weighted by molar-refractivity contribution is -0.384. The molecule has 0 aliphatic carbocycles. The molecular formula is C17H15N3O6S2. The molecule has 0 spiro atoms. The van der Waals surface area contributed by atoms with Gasteiger partial charge in [0.1, 0.15) is 0 Å². The van der Waals surface area contributed by atoms with E-state index in [1.807, 2.05) is 0 Å². The third-order valence-electron chi connectivity index (χ3n) is 4.07. The fourth-order valence-corrected chi connectivity index (χ4v) is 5.45. The van der Waals surface area contributed by atoms with Gasteiger partial charge >= 0.3 is 0 Å². The van der Waals surface area contributed by atoms with Gasteiger partial charge in [-0.1, -0.05) is 30.3 Å². The van der Waals surface area contributed by atoms with E-state index in [0.29, 0.717) is 16.4 Å².